The van der Waals surface area contributed by atoms with E-state index in [1.165, 1.54) is 17.7 Å². The van der Waals surface area contributed by atoms with Gasteiger partial charge in [-0.2, -0.15) is 0 Å². The van der Waals surface area contributed by atoms with Gasteiger partial charge in [-0.3, -0.25) is 19.5 Å². The molecule has 0 saturated carbocycles. The van der Waals surface area contributed by atoms with Crippen LogP contribution in [0.4, 0.5) is 5.69 Å². The first kappa shape index (κ1) is 33.2. The molecule has 238 valence electrons. The molecule has 0 aliphatic carbocycles. The molecule has 14 heteroatoms. The van der Waals surface area contributed by atoms with Crippen LogP contribution in [0.1, 0.15) is 55.2 Å². The first-order valence-corrected chi connectivity index (χ1v) is 16.8. The number of carbonyl (C=O) groups is 1. The molecule has 0 spiro atoms. The van der Waals surface area contributed by atoms with E-state index in [2.05, 4.69) is 25.9 Å². The number of allylic oxidation sites excluding steroid dienone is 1. The number of thiazole rings is 1. The van der Waals surface area contributed by atoms with Gasteiger partial charge in [0.1, 0.15) is 11.8 Å². The molecular formula is C32H30BrN5O6S2. The Bertz CT molecular complexity index is 2050. The van der Waals surface area contributed by atoms with E-state index in [0.717, 1.165) is 39.0 Å². The van der Waals surface area contributed by atoms with E-state index >= 15 is 0 Å². The number of nitro groups is 1. The third-order valence-corrected chi connectivity index (χ3v) is 9.43. The van der Waals surface area contributed by atoms with Crippen molar-refractivity contribution in [3.63, 3.8) is 0 Å². The summed E-state index contributed by atoms with van der Waals surface area (Å²) in [6, 6.07) is 11.1. The lowest BCUT2D eigenvalue weighted by molar-refractivity contribution is -0.387. The maximum Gasteiger partial charge on any atom is 0.338 e. The highest BCUT2D eigenvalue weighted by atomic mass is 79.9. The number of aromatic nitrogens is 3. The van der Waals surface area contributed by atoms with Gasteiger partial charge in [0.05, 0.1) is 39.3 Å². The predicted molar refractivity (Wildman–Crippen MR) is 179 cm³/mol. The SMILES string of the molecule is CCCC1=C(C(=O)OCC)[C@H](c2cc(Br)ccc2OC)n2c(s/c(=C\c3ccc(Sc4nc(C)cc(C)n4)c([N+](=O)[O-])c3)c2=O)=N1. The van der Waals surface area contributed by atoms with E-state index in [1.807, 2.05) is 39.0 Å². The molecular weight excluding hydrogens is 694 g/mol. The smallest absolute Gasteiger partial charge is 0.338 e. The summed E-state index contributed by atoms with van der Waals surface area (Å²) < 4.78 is 13.7. The average molecular weight is 725 g/mol. The highest BCUT2D eigenvalue weighted by Crippen LogP contribution is 2.38. The number of halogens is 1. The largest absolute Gasteiger partial charge is 0.496 e. The number of ether oxygens (including phenoxy) is 2. The molecule has 0 unspecified atom stereocenters. The van der Waals surface area contributed by atoms with Gasteiger partial charge >= 0.3 is 5.97 Å². The fraction of sp³-hybridized carbons (Fsp3) is 0.281. The Balaban J connectivity index is 1.69. The van der Waals surface area contributed by atoms with Crippen LogP contribution in [-0.2, 0) is 9.53 Å². The summed E-state index contributed by atoms with van der Waals surface area (Å²) in [5.74, 6) is -0.0775. The molecule has 0 bridgehead atoms. The molecule has 5 rings (SSSR count). The molecule has 0 fully saturated rings. The fourth-order valence-electron chi connectivity index (χ4n) is 5.18. The highest BCUT2D eigenvalue weighted by Gasteiger charge is 2.36. The second-order valence-electron chi connectivity index (χ2n) is 10.3. The van der Waals surface area contributed by atoms with Crippen LogP contribution in [0.15, 0.2) is 78.0 Å². The Morgan fingerprint density at radius 3 is 2.54 bits per heavy atom. The number of benzene rings is 2. The van der Waals surface area contributed by atoms with Crippen molar-refractivity contribution in [2.75, 3.05) is 13.7 Å². The number of carbonyl (C=O) groups excluding carboxylic acids is 1. The van der Waals surface area contributed by atoms with Crippen molar-refractivity contribution in [2.24, 2.45) is 4.99 Å². The third-order valence-electron chi connectivity index (χ3n) is 7.02. The van der Waals surface area contributed by atoms with Crippen molar-refractivity contribution < 1.29 is 19.2 Å². The molecule has 0 N–H and O–H groups in total. The molecule has 1 aliphatic rings. The first-order chi connectivity index (χ1) is 22.0. The molecule has 0 amide bonds. The normalized spacial score (nSPS) is 14.6. The van der Waals surface area contributed by atoms with E-state index < -0.39 is 22.5 Å². The zero-order chi connectivity index (χ0) is 33.1. The zero-order valence-corrected chi connectivity index (χ0v) is 28.9. The summed E-state index contributed by atoms with van der Waals surface area (Å²) in [4.78, 5) is 53.6. The third kappa shape index (κ3) is 6.83. The Morgan fingerprint density at radius 1 is 1.15 bits per heavy atom. The number of methoxy groups -OCH3 is 1. The van der Waals surface area contributed by atoms with E-state index in [0.29, 0.717) is 54.8 Å². The first-order valence-electron chi connectivity index (χ1n) is 14.4. The summed E-state index contributed by atoms with van der Waals surface area (Å²) in [6.07, 6.45) is 2.79. The Hall–Kier alpha value is -4.14. The quantitative estimate of drug-likeness (QED) is 0.0858. The summed E-state index contributed by atoms with van der Waals surface area (Å²) in [7, 11) is 1.53. The van der Waals surface area contributed by atoms with Crippen molar-refractivity contribution in [3.8, 4) is 5.75 Å². The van der Waals surface area contributed by atoms with Gasteiger partial charge in [0.2, 0.25) is 0 Å². The Labute approximate surface area is 281 Å². The summed E-state index contributed by atoms with van der Waals surface area (Å²) in [6.45, 7) is 7.53. The van der Waals surface area contributed by atoms with Crippen LogP contribution in [0, 0.1) is 24.0 Å². The number of hydrogen-bond acceptors (Lipinski definition) is 11. The van der Waals surface area contributed by atoms with Gasteiger partial charge in [0, 0.05) is 27.5 Å². The Morgan fingerprint density at radius 2 is 1.89 bits per heavy atom. The predicted octanol–water partition coefficient (Wildman–Crippen LogP) is 5.82. The van der Waals surface area contributed by atoms with Gasteiger partial charge in [-0.25, -0.2) is 19.8 Å². The standard InChI is InChI=1S/C32H30BrN5O6S2/c1-6-8-22-27(30(40)44-7-2)28(21-16-20(33)10-11-24(21)43-5)37-29(39)26(46-32(37)36-22)15-19-9-12-25(23(14-19)38(41)42)45-31-34-17(3)13-18(4)35-31/h9-16,28H,6-8H2,1-5H3/b26-15-/t28-/m0/s1. The maximum atomic E-state index is 14.2. The van der Waals surface area contributed by atoms with Crippen LogP contribution in [-0.4, -0.2) is 39.1 Å². The number of nitro benzene ring substituents is 1. The van der Waals surface area contributed by atoms with Crippen molar-refractivity contribution in [2.45, 2.75) is 56.6 Å². The lowest BCUT2D eigenvalue weighted by atomic mass is 9.93. The number of hydrogen-bond donors (Lipinski definition) is 0. The van der Waals surface area contributed by atoms with Gasteiger partial charge in [-0.1, -0.05) is 46.7 Å². The van der Waals surface area contributed by atoms with Crippen molar-refractivity contribution in [3.05, 3.63) is 111 Å². The van der Waals surface area contributed by atoms with E-state index in [1.54, 1.807) is 31.2 Å². The zero-order valence-electron chi connectivity index (χ0n) is 25.7. The van der Waals surface area contributed by atoms with Gasteiger partial charge in [-0.15, -0.1) is 0 Å². The molecule has 11 nitrogen and oxygen atoms in total. The van der Waals surface area contributed by atoms with Crippen LogP contribution in [0.25, 0.3) is 6.08 Å². The lowest BCUT2D eigenvalue weighted by Crippen LogP contribution is -2.40. The van der Waals surface area contributed by atoms with E-state index in [-0.39, 0.29) is 17.9 Å². The second-order valence-corrected chi connectivity index (χ2v) is 13.3. The lowest BCUT2D eigenvalue weighted by Gasteiger charge is -2.27. The minimum absolute atomic E-state index is 0.138. The van der Waals surface area contributed by atoms with Crippen LogP contribution in [0.3, 0.4) is 0 Å². The molecule has 0 radical (unpaired) electrons. The Kier molecular flexibility index (Phi) is 10.2. The number of rotatable bonds is 10. The van der Waals surface area contributed by atoms with Crippen LogP contribution >= 0.6 is 39.0 Å². The number of aryl methyl sites for hydroxylation is 2. The minimum Gasteiger partial charge on any atom is -0.496 e. The molecule has 3 heterocycles. The van der Waals surface area contributed by atoms with E-state index in [9.17, 15) is 19.7 Å². The number of esters is 1. The number of fused-ring (bicyclic) bond motifs is 1. The van der Waals surface area contributed by atoms with Crippen molar-refractivity contribution in [1.82, 2.24) is 14.5 Å². The monoisotopic (exact) mass is 723 g/mol. The summed E-state index contributed by atoms with van der Waals surface area (Å²) in [5, 5.41) is 12.5. The average Bonchev–Trinajstić information content (AvgIpc) is 3.30. The summed E-state index contributed by atoms with van der Waals surface area (Å²) >= 11 is 5.77. The van der Waals surface area contributed by atoms with Gasteiger partial charge in [0.15, 0.2) is 9.96 Å². The van der Waals surface area contributed by atoms with Crippen molar-refractivity contribution >= 4 is 56.8 Å². The van der Waals surface area contributed by atoms with Crippen LogP contribution in [0.2, 0.25) is 0 Å². The van der Waals surface area contributed by atoms with Crippen molar-refractivity contribution in [1.29, 1.82) is 0 Å². The fourth-order valence-corrected chi connectivity index (χ4v) is 7.52. The minimum atomic E-state index is -0.877. The molecule has 0 saturated heterocycles. The van der Waals surface area contributed by atoms with Crippen LogP contribution in [0.5, 0.6) is 5.75 Å². The molecule has 1 atom stereocenters. The molecule has 2 aromatic heterocycles. The second kappa shape index (κ2) is 14.1. The molecule has 2 aromatic carbocycles. The maximum absolute atomic E-state index is 14.2. The molecule has 46 heavy (non-hydrogen) atoms. The van der Waals surface area contributed by atoms with Gasteiger partial charge in [0.25, 0.3) is 11.2 Å². The molecule has 4 aromatic rings. The molecule has 1 aliphatic heterocycles. The van der Waals surface area contributed by atoms with Gasteiger partial charge < -0.3 is 9.47 Å². The van der Waals surface area contributed by atoms with Gasteiger partial charge in [-0.05, 0) is 80.9 Å². The number of nitrogens with zero attached hydrogens (tertiary/aromatic N) is 5. The topological polar surface area (TPSA) is 139 Å². The van der Waals surface area contributed by atoms with Crippen LogP contribution < -0.4 is 19.6 Å². The van der Waals surface area contributed by atoms with E-state index in [4.69, 9.17) is 14.5 Å². The summed E-state index contributed by atoms with van der Waals surface area (Å²) in [5.41, 5.74) is 2.82. The highest BCUT2D eigenvalue weighted by molar-refractivity contribution is 9.10.